The number of hydrogen-bond acceptors (Lipinski definition) is 6. The topological polar surface area (TPSA) is 112 Å². The van der Waals surface area contributed by atoms with Gasteiger partial charge >= 0.3 is 0 Å². The van der Waals surface area contributed by atoms with Gasteiger partial charge in [0.2, 0.25) is 5.91 Å². The second kappa shape index (κ2) is 8.14. The van der Waals surface area contributed by atoms with Crippen LogP contribution in [0.5, 0.6) is 5.75 Å². The van der Waals surface area contributed by atoms with Crippen LogP contribution in [0.3, 0.4) is 0 Å². The lowest BCUT2D eigenvalue weighted by atomic mass is 10.1. The number of carbonyl (C=O) groups excluding carboxylic acids is 2. The zero-order chi connectivity index (χ0) is 22.3. The number of primary amides is 1. The van der Waals surface area contributed by atoms with Gasteiger partial charge in [-0.3, -0.25) is 14.5 Å². The Morgan fingerprint density at radius 2 is 2.19 bits per heavy atom. The fourth-order valence-corrected chi connectivity index (χ4v) is 3.83. The summed E-state index contributed by atoms with van der Waals surface area (Å²) in [6.45, 7) is 2.39. The average Bonchev–Trinajstić information content (AvgIpc) is 3.24. The van der Waals surface area contributed by atoms with Gasteiger partial charge in [-0.15, -0.1) is 0 Å². The highest BCUT2D eigenvalue weighted by atomic mass is 19.3. The number of fused-ring (bicyclic) bond motifs is 3. The number of ether oxygens (including phenoxy) is 2. The van der Waals surface area contributed by atoms with Gasteiger partial charge < -0.3 is 25.1 Å². The average molecular weight is 435 g/mol. The van der Waals surface area contributed by atoms with E-state index in [0.717, 1.165) is 4.90 Å². The Balaban J connectivity index is 1.69. The van der Waals surface area contributed by atoms with Gasteiger partial charge in [-0.2, -0.15) is 0 Å². The molecule has 4 rings (SSSR count). The Morgan fingerprint density at radius 1 is 1.42 bits per heavy atom. The number of alkyl halides is 2. The SMILES string of the molecule is CO[C@@H]1CC(C(F)F)N(c2cn3c(n2)-c2ccc(N[C@@H](C)C(N)=O)cc2OCC3)C1=O. The van der Waals surface area contributed by atoms with E-state index in [1.54, 1.807) is 35.9 Å². The molecule has 3 atom stereocenters. The van der Waals surface area contributed by atoms with E-state index in [1.165, 1.54) is 7.11 Å². The summed E-state index contributed by atoms with van der Waals surface area (Å²) in [6.07, 6.45) is -2.15. The van der Waals surface area contributed by atoms with E-state index in [1.807, 2.05) is 0 Å². The van der Waals surface area contributed by atoms with E-state index in [2.05, 4.69) is 10.3 Å². The molecule has 9 nitrogen and oxygen atoms in total. The molecule has 1 aromatic heterocycles. The number of benzene rings is 1. The number of methoxy groups -OCH3 is 1. The highest BCUT2D eigenvalue weighted by Crippen LogP contribution is 2.38. The molecular formula is C20H23F2N5O4. The van der Waals surface area contributed by atoms with Crippen molar-refractivity contribution in [2.24, 2.45) is 5.73 Å². The van der Waals surface area contributed by atoms with E-state index >= 15 is 0 Å². The van der Waals surface area contributed by atoms with Crippen LogP contribution in [0.15, 0.2) is 24.4 Å². The van der Waals surface area contributed by atoms with Gasteiger partial charge in [-0.05, 0) is 19.1 Å². The van der Waals surface area contributed by atoms with E-state index in [9.17, 15) is 18.4 Å². The van der Waals surface area contributed by atoms with Crippen molar-refractivity contribution in [2.75, 3.05) is 23.9 Å². The van der Waals surface area contributed by atoms with Gasteiger partial charge in [0.05, 0.1) is 12.1 Å². The van der Waals surface area contributed by atoms with E-state index in [-0.39, 0.29) is 12.2 Å². The molecule has 1 aromatic carbocycles. The molecule has 0 saturated carbocycles. The second-order valence-electron chi connectivity index (χ2n) is 7.51. The summed E-state index contributed by atoms with van der Waals surface area (Å²) in [4.78, 5) is 29.5. The molecular weight excluding hydrogens is 412 g/mol. The van der Waals surface area contributed by atoms with Crippen molar-refractivity contribution in [3.63, 3.8) is 0 Å². The first kappa shape index (κ1) is 21.0. The van der Waals surface area contributed by atoms with Crippen LogP contribution >= 0.6 is 0 Å². The van der Waals surface area contributed by atoms with Gasteiger partial charge in [0.15, 0.2) is 5.82 Å². The van der Waals surface area contributed by atoms with Crippen LogP contribution < -0.4 is 20.7 Å². The zero-order valence-electron chi connectivity index (χ0n) is 17.0. The van der Waals surface area contributed by atoms with Crippen LogP contribution in [0.25, 0.3) is 11.4 Å². The summed E-state index contributed by atoms with van der Waals surface area (Å²) in [5.74, 6) is 0.151. The molecule has 0 radical (unpaired) electrons. The molecule has 1 unspecified atom stereocenters. The van der Waals surface area contributed by atoms with Crippen molar-refractivity contribution < 1.29 is 27.8 Å². The normalized spacial score (nSPS) is 21.3. The maximum absolute atomic E-state index is 13.6. The smallest absolute Gasteiger partial charge is 0.259 e. The van der Waals surface area contributed by atoms with Crippen molar-refractivity contribution in [3.05, 3.63) is 24.4 Å². The molecule has 1 saturated heterocycles. The number of rotatable bonds is 6. The molecule has 3 heterocycles. The number of imidazole rings is 1. The molecule has 0 aliphatic carbocycles. The lowest BCUT2D eigenvalue weighted by Crippen LogP contribution is -2.39. The van der Waals surface area contributed by atoms with Crippen LogP contribution in [0.2, 0.25) is 0 Å². The molecule has 31 heavy (non-hydrogen) atoms. The molecule has 0 spiro atoms. The number of nitrogens with zero attached hydrogens (tertiary/aromatic N) is 3. The highest BCUT2D eigenvalue weighted by Gasteiger charge is 2.46. The number of amides is 2. The van der Waals surface area contributed by atoms with Crippen LogP contribution in [-0.2, 0) is 20.9 Å². The summed E-state index contributed by atoms with van der Waals surface area (Å²) in [7, 11) is 1.33. The molecule has 166 valence electrons. The standard InChI is InChI=1S/C20H23F2N5O4/c1-10(18(23)28)24-11-3-4-12-14(7-11)31-6-5-26-9-16(25-19(12)26)27-13(17(21)22)8-15(30-2)20(27)29/h3-4,7,9-10,13,15,17,24H,5-6,8H2,1-2H3,(H2,23,28)/t10-,13?,15+/m0/s1. The maximum Gasteiger partial charge on any atom is 0.259 e. The maximum atomic E-state index is 13.6. The Labute approximate surface area is 177 Å². The van der Waals surface area contributed by atoms with Gasteiger partial charge in [0.25, 0.3) is 12.3 Å². The van der Waals surface area contributed by atoms with Crippen LogP contribution in [0.4, 0.5) is 20.3 Å². The first-order valence-electron chi connectivity index (χ1n) is 9.84. The first-order chi connectivity index (χ1) is 14.8. The Hall–Kier alpha value is -3.21. The molecule has 2 amide bonds. The molecule has 0 bridgehead atoms. The van der Waals surface area contributed by atoms with Gasteiger partial charge in [0.1, 0.15) is 36.4 Å². The highest BCUT2D eigenvalue weighted by molar-refractivity contribution is 5.99. The first-order valence-corrected chi connectivity index (χ1v) is 9.84. The molecule has 2 aliphatic rings. The van der Waals surface area contributed by atoms with Gasteiger partial charge in [-0.25, -0.2) is 13.8 Å². The molecule has 2 aliphatic heterocycles. The number of hydrogen-bond donors (Lipinski definition) is 2. The predicted octanol–water partition coefficient (Wildman–Crippen LogP) is 1.61. The minimum Gasteiger partial charge on any atom is -0.491 e. The minimum atomic E-state index is -2.72. The Morgan fingerprint density at radius 3 is 2.87 bits per heavy atom. The summed E-state index contributed by atoms with van der Waals surface area (Å²) in [5.41, 5.74) is 6.58. The van der Waals surface area contributed by atoms with Gasteiger partial charge in [-0.1, -0.05) is 0 Å². The third-order valence-electron chi connectivity index (χ3n) is 5.51. The fourth-order valence-electron chi connectivity index (χ4n) is 3.83. The van der Waals surface area contributed by atoms with Crippen molar-refractivity contribution in [1.29, 1.82) is 0 Å². The third-order valence-corrected chi connectivity index (χ3v) is 5.51. The van der Waals surface area contributed by atoms with Crippen molar-refractivity contribution in [2.45, 2.75) is 44.5 Å². The van der Waals surface area contributed by atoms with Crippen molar-refractivity contribution in [3.8, 4) is 17.1 Å². The van der Waals surface area contributed by atoms with Gasteiger partial charge in [0, 0.05) is 31.5 Å². The van der Waals surface area contributed by atoms with Crippen molar-refractivity contribution >= 4 is 23.3 Å². The predicted molar refractivity (Wildman–Crippen MR) is 108 cm³/mol. The quantitative estimate of drug-likeness (QED) is 0.713. The monoisotopic (exact) mass is 435 g/mol. The number of carbonyl (C=O) groups is 2. The summed E-state index contributed by atoms with van der Waals surface area (Å²) < 4.78 is 39.9. The second-order valence-corrected chi connectivity index (χ2v) is 7.51. The number of aromatic nitrogens is 2. The lowest BCUT2D eigenvalue weighted by Gasteiger charge is -2.21. The Kier molecular flexibility index (Phi) is 5.52. The van der Waals surface area contributed by atoms with Crippen molar-refractivity contribution in [1.82, 2.24) is 9.55 Å². The fraction of sp³-hybridized carbons (Fsp3) is 0.450. The lowest BCUT2D eigenvalue weighted by molar-refractivity contribution is -0.125. The van der Waals surface area contributed by atoms with E-state index < -0.39 is 36.4 Å². The van der Waals surface area contributed by atoms with Crippen LogP contribution in [-0.4, -0.2) is 59.7 Å². The van der Waals surface area contributed by atoms with Crippen LogP contribution in [0, 0.1) is 0 Å². The number of nitrogens with two attached hydrogens (primary N) is 1. The minimum absolute atomic E-state index is 0.0953. The van der Waals surface area contributed by atoms with E-state index in [4.69, 9.17) is 15.2 Å². The van der Waals surface area contributed by atoms with Crippen LogP contribution in [0.1, 0.15) is 13.3 Å². The molecule has 3 N–H and O–H groups in total. The largest absolute Gasteiger partial charge is 0.491 e. The Bertz CT molecular complexity index is 1010. The summed E-state index contributed by atoms with van der Waals surface area (Å²) >= 11 is 0. The number of anilines is 2. The summed E-state index contributed by atoms with van der Waals surface area (Å²) in [6, 6.07) is 3.36. The summed E-state index contributed by atoms with van der Waals surface area (Å²) in [5, 5.41) is 2.99. The number of halogens is 2. The molecule has 11 heteroatoms. The third kappa shape index (κ3) is 3.80. The van der Waals surface area contributed by atoms with E-state index in [0.29, 0.717) is 36.0 Å². The number of nitrogens with one attached hydrogen (secondary N) is 1. The molecule has 2 aromatic rings. The molecule has 1 fully saturated rings. The zero-order valence-corrected chi connectivity index (χ0v) is 17.0.